The number of anilines is 2. The van der Waals surface area contributed by atoms with Crippen molar-refractivity contribution in [1.29, 1.82) is 0 Å². The average molecular weight is 590 g/mol. The van der Waals surface area contributed by atoms with Gasteiger partial charge in [0.2, 0.25) is 0 Å². The number of piperazine rings is 1. The van der Waals surface area contributed by atoms with Gasteiger partial charge in [0.05, 0.1) is 35.9 Å². The highest BCUT2D eigenvalue weighted by Gasteiger charge is 2.27. The van der Waals surface area contributed by atoms with Crippen molar-refractivity contribution in [2.45, 2.75) is 32.9 Å². The molecule has 218 valence electrons. The first kappa shape index (κ1) is 26.5. The zero-order valence-electron chi connectivity index (χ0n) is 24.4. The highest BCUT2D eigenvalue weighted by atomic mass is 32.1. The Hall–Kier alpha value is -4.12. The lowest BCUT2D eigenvalue weighted by Crippen LogP contribution is -2.46. The Labute approximate surface area is 254 Å². The van der Waals surface area contributed by atoms with E-state index in [4.69, 9.17) is 10.1 Å². The summed E-state index contributed by atoms with van der Waals surface area (Å²) in [5, 5.41) is 15.5. The number of nitrogens with one attached hydrogen (secondary N) is 1. The van der Waals surface area contributed by atoms with Crippen LogP contribution in [-0.4, -0.2) is 78.6 Å². The monoisotopic (exact) mass is 589 g/mol. The summed E-state index contributed by atoms with van der Waals surface area (Å²) >= 11 is 1.76. The maximum Gasteiger partial charge on any atom is 0.142 e. The van der Waals surface area contributed by atoms with E-state index in [-0.39, 0.29) is 0 Å². The van der Waals surface area contributed by atoms with Crippen molar-refractivity contribution in [3.05, 3.63) is 84.1 Å². The van der Waals surface area contributed by atoms with Gasteiger partial charge in [-0.2, -0.15) is 10.2 Å². The van der Waals surface area contributed by atoms with E-state index in [0.717, 1.165) is 84.7 Å². The summed E-state index contributed by atoms with van der Waals surface area (Å²) in [6, 6.07) is 16.9. The molecule has 0 saturated carbocycles. The van der Waals surface area contributed by atoms with Crippen LogP contribution in [0.2, 0.25) is 0 Å². The largest absolute Gasteiger partial charge is 0.340 e. The van der Waals surface area contributed by atoms with Crippen LogP contribution in [0.1, 0.15) is 23.7 Å². The molecule has 10 heteroatoms. The topological polar surface area (TPSA) is 79.9 Å². The molecule has 8 rings (SSSR count). The van der Waals surface area contributed by atoms with Crippen molar-refractivity contribution in [2.24, 2.45) is 0 Å². The molecular weight excluding hydrogens is 554 g/mol. The van der Waals surface area contributed by atoms with Gasteiger partial charge in [0.15, 0.2) is 0 Å². The van der Waals surface area contributed by atoms with E-state index in [0.29, 0.717) is 0 Å². The number of aryl methyl sites for hydroxylation is 2. The number of likely N-dealkylation sites (N-methyl/N-ethyl adjacent to an activating group) is 1. The molecule has 5 heterocycles. The fourth-order valence-corrected chi connectivity index (χ4v) is 7.71. The molecule has 1 aliphatic carbocycles. The van der Waals surface area contributed by atoms with Gasteiger partial charge in [-0.05, 0) is 48.7 Å². The van der Waals surface area contributed by atoms with Crippen LogP contribution < -0.4 is 5.32 Å². The third-order valence-corrected chi connectivity index (χ3v) is 10.1. The molecule has 9 nitrogen and oxygen atoms in total. The summed E-state index contributed by atoms with van der Waals surface area (Å²) < 4.78 is 4.21. The minimum absolute atomic E-state index is 0.749. The van der Waals surface area contributed by atoms with Gasteiger partial charge in [-0.25, -0.2) is 9.97 Å². The number of hydrogen-bond donors (Lipinski definition) is 1. The Bertz CT molecular complexity index is 1900. The molecule has 6 aromatic rings. The molecule has 0 atom stereocenters. The lowest BCUT2D eigenvalue weighted by Gasteiger charge is -2.33. The zero-order valence-corrected chi connectivity index (χ0v) is 25.2. The van der Waals surface area contributed by atoms with Gasteiger partial charge < -0.3 is 10.2 Å². The molecule has 0 unspecified atom stereocenters. The Morgan fingerprint density at radius 2 is 1.79 bits per heavy atom. The number of nitrogens with zero attached hydrogens (tertiary/aromatic N) is 8. The first-order valence-corrected chi connectivity index (χ1v) is 16.1. The van der Waals surface area contributed by atoms with Crippen molar-refractivity contribution in [2.75, 3.05) is 44.6 Å². The fraction of sp³-hybridized carbons (Fsp3) is 0.333. The molecular formula is C33H35N9S. The number of thiophene rings is 1. The predicted molar refractivity (Wildman–Crippen MR) is 173 cm³/mol. The summed E-state index contributed by atoms with van der Waals surface area (Å²) in [4.78, 5) is 16.8. The normalized spacial score (nSPS) is 15.7. The van der Waals surface area contributed by atoms with E-state index in [1.165, 1.54) is 40.4 Å². The van der Waals surface area contributed by atoms with Crippen LogP contribution in [-0.2, 0) is 25.9 Å². The highest BCUT2D eigenvalue weighted by Crippen LogP contribution is 2.45. The molecule has 1 fully saturated rings. The quantitative estimate of drug-likeness (QED) is 0.254. The Morgan fingerprint density at radius 3 is 2.65 bits per heavy atom. The van der Waals surface area contributed by atoms with Gasteiger partial charge in [-0.3, -0.25) is 14.3 Å². The van der Waals surface area contributed by atoms with Crippen molar-refractivity contribution in [1.82, 2.24) is 39.3 Å². The smallest absolute Gasteiger partial charge is 0.142 e. The van der Waals surface area contributed by atoms with Crippen LogP contribution in [0, 0.1) is 0 Å². The lowest BCUT2D eigenvalue weighted by molar-refractivity contribution is 0.133. The lowest BCUT2D eigenvalue weighted by atomic mass is 9.95. The van der Waals surface area contributed by atoms with Crippen molar-refractivity contribution >= 4 is 44.0 Å². The summed E-state index contributed by atoms with van der Waals surface area (Å²) in [5.41, 5.74) is 7.15. The van der Waals surface area contributed by atoms with Crippen LogP contribution in [0.5, 0.6) is 0 Å². The molecule has 43 heavy (non-hydrogen) atoms. The molecule has 1 N–H and O–H groups in total. The minimum Gasteiger partial charge on any atom is -0.340 e. The number of hydrogen-bond acceptors (Lipinski definition) is 8. The van der Waals surface area contributed by atoms with Crippen LogP contribution >= 0.6 is 11.3 Å². The van der Waals surface area contributed by atoms with Gasteiger partial charge in [-0.1, -0.05) is 37.3 Å². The zero-order chi connectivity index (χ0) is 28.8. The van der Waals surface area contributed by atoms with Gasteiger partial charge in [0, 0.05) is 60.4 Å². The van der Waals surface area contributed by atoms with E-state index >= 15 is 0 Å². The van der Waals surface area contributed by atoms with Crippen LogP contribution in [0.4, 0.5) is 11.5 Å². The van der Waals surface area contributed by atoms with Gasteiger partial charge >= 0.3 is 0 Å². The second kappa shape index (κ2) is 11.2. The molecule has 4 aromatic heterocycles. The third kappa shape index (κ3) is 5.09. The molecule has 0 amide bonds. The van der Waals surface area contributed by atoms with Crippen molar-refractivity contribution in [3.8, 4) is 10.4 Å². The maximum absolute atomic E-state index is 5.01. The van der Waals surface area contributed by atoms with E-state index in [2.05, 4.69) is 90.1 Å². The Morgan fingerprint density at radius 1 is 0.930 bits per heavy atom. The molecule has 1 aliphatic heterocycles. The van der Waals surface area contributed by atoms with Gasteiger partial charge in [0.25, 0.3) is 0 Å². The maximum atomic E-state index is 5.01. The van der Waals surface area contributed by atoms with Crippen molar-refractivity contribution in [3.63, 3.8) is 0 Å². The van der Waals surface area contributed by atoms with Crippen LogP contribution in [0.15, 0.2) is 67.3 Å². The number of aromatic nitrogens is 6. The third-order valence-electron chi connectivity index (χ3n) is 8.92. The molecule has 0 spiro atoms. The van der Waals surface area contributed by atoms with E-state index in [1.54, 1.807) is 17.7 Å². The highest BCUT2D eigenvalue weighted by molar-refractivity contribution is 7.22. The molecule has 2 aromatic carbocycles. The molecule has 1 saturated heterocycles. The number of benzene rings is 2. The predicted octanol–water partition coefficient (Wildman–Crippen LogP) is 5.43. The van der Waals surface area contributed by atoms with Crippen molar-refractivity contribution < 1.29 is 0 Å². The SMILES string of the molecule is CCN1CCN(CCn2cc3c(n2)CCc2c-3sc3ncnc(Nc4ccc5c(cnn5Cc5ccccc5)c4)c23)CC1. The summed E-state index contributed by atoms with van der Waals surface area (Å²) in [5.74, 6) is 0.862. The van der Waals surface area contributed by atoms with E-state index in [1.807, 2.05) is 12.3 Å². The van der Waals surface area contributed by atoms with E-state index < -0.39 is 0 Å². The fourth-order valence-electron chi connectivity index (χ4n) is 6.49. The van der Waals surface area contributed by atoms with Gasteiger partial charge in [-0.15, -0.1) is 11.3 Å². The van der Waals surface area contributed by atoms with Crippen LogP contribution in [0.25, 0.3) is 31.6 Å². The first-order valence-electron chi connectivity index (χ1n) is 15.3. The second-order valence-electron chi connectivity index (χ2n) is 11.5. The number of fused-ring (bicyclic) bond motifs is 6. The molecule has 0 radical (unpaired) electrons. The first-order chi connectivity index (χ1) is 21.2. The summed E-state index contributed by atoms with van der Waals surface area (Å²) in [6.07, 6.45) is 7.76. The van der Waals surface area contributed by atoms with Crippen LogP contribution in [0.3, 0.4) is 0 Å². The van der Waals surface area contributed by atoms with Gasteiger partial charge in [0.1, 0.15) is 17.0 Å². The number of rotatable bonds is 8. The van der Waals surface area contributed by atoms with E-state index in [9.17, 15) is 0 Å². The average Bonchev–Trinajstić information content (AvgIpc) is 3.76. The minimum atomic E-state index is 0.749. The molecule has 0 bridgehead atoms. The second-order valence-corrected chi connectivity index (χ2v) is 12.5. The Kier molecular flexibility index (Phi) is 6.89. The summed E-state index contributed by atoms with van der Waals surface area (Å²) in [6.45, 7) is 10.7. The summed E-state index contributed by atoms with van der Waals surface area (Å²) in [7, 11) is 0. The molecule has 2 aliphatic rings. The Balaban J connectivity index is 1.03. The standard InChI is InChI=1S/C33H35N9S/c1-2-39-12-14-40(15-13-39)16-17-41-21-27-28(38-41)10-9-26-30-32(34-22-35-33(30)43-31(26)27)37-25-8-11-29-24(18-25)19-36-42(29)20-23-6-4-3-5-7-23/h3-8,11,18-19,21-22H,2,9-10,12-17,20H2,1H3,(H,34,35,37).